The Hall–Kier alpha value is -2.00. The average molecular weight is 276 g/mol. The molecule has 2 rings (SSSR count). The summed E-state index contributed by atoms with van der Waals surface area (Å²) in [6.45, 7) is 0.710. The van der Waals surface area contributed by atoms with Gasteiger partial charge in [-0.1, -0.05) is 23.7 Å². The van der Waals surface area contributed by atoms with Crippen molar-refractivity contribution in [3.05, 3.63) is 64.7 Å². The maximum Gasteiger partial charge on any atom is 0.335 e. The van der Waals surface area contributed by atoms with Crippen molar-refractivity contribution in [3.63, 3.8) is 0 Å². The number of carboxylic acids is 1. The molecule has 0 heterocycles. The van der Waals surface area contributed by atoms with Crippen molar-refractivity contribution in [1.82, 2.24) is 0 Å². The van der Waals surface area contributed by atoms with Gasteiger partial charge in [0.1, 0.15) is 0 Å². The quantitative estimate of drug-likeness (QED) is 0.925. The molecule has 1 N–H and O–H groups in total. The molecule has 0 fully saturated rings. The van der Waals surface area contributed by atoms with E-state index in [4.69, 9.17) is 16.7 Å². The van der Waals surface area contributed by atoms with Crippen LogP contribution >= 0.6 is 11.6 Å². The minimum atomic E-state index is -0.905. The highest BCUT2D eigenvalue weighted by molar-refractivity contribution is 6.30. The molecule has 0 aliphatic heterocycles. The van der Waals surface area contributed by atoms with Crippen LogP contribution in [-0.4, -0.2) is 18.1 Å². The Labute approximate surface area is 117 Å². The van der Waals surface area contributed by atoms with Crippen molar-refractivity contribution in [2.75, 3.05) is 11.9 Å². The number of nitrogens with zero attached hydrogens (tertiary/aromatic N) is 1. The number of carboxylic acid groups (broad SMARTS) is 1. The van der Waals surface area contributed by atoms with E-state index in [0.717, 1.165) is 11.3 Å². The first kappa shape index (κ1) is 13.4. The fraction of sp³-hybridized carbons (Fsp3) is 0.133. The maximum absolute atomic E-state index is 10.8. The Bertz CT molecular complexity index is 564. The van der Waals surface area contributed by atoms with Crippen molar-refractivity contribution < 1.29 is 9.90 Å². The van der Waals surface area contributed by atoms with Gasteiger partial charge < -0.3 is 10.0 Å². The molecule has 0 radical (unpaired) electrons. The highest BCUT2D eigenvalue weighted by atomic mass is 35.5. The summed E-state index contributed by atoms with van der Waals surface area (Å²) in [5, 5.41) is 9.55. The molecule has 4 heteroatoms. The van der Waals surface area contributed by atoms with Crippen LogP contribution in [0.25, 0.3) is 0 Å². The molecule has 2 aromatic carbocycles. The summed E-state index contributed by atoms with van der Waals surface area (Å²) in [5.74, 6) is -0.905. The lowest BCUT2D eigenvalue weighted by Gasteiger charge is -2.19. The lowest BCUT2D eigenvalue weighted by Crippen LogP contribution is -2.16. The average Bonchev–Trinajstić information content (AvgIpc) is 2.40. The standard InChI is InChI=1S/C15H14ClNO2/c1-17(14-8-6-13(16)7-9-14)10-11-2-4-12(5-3-11)15(18)19/h2-9H,10H2,1H3,(H,18,19). The minimum Gasteiger partial charge on any atom is -0.478 e. The molecule has 3 nitrogen and oxygen atoms in total. The van der Waals surface area contributed by atoms with Gasteiger partial charge in [-0.25, -0.2) is 4.79 Å². The molecule has 0 atom stereocenters. The highest BCUT2D eigenvalue weighted by Crippen LogP contribution is 2.18. The summed E-state index contributed by atoms with van der Waals surface area (Å²) >= 11 is 5.85. The number of anilines is 1. The van der Waals surface area contributed by atoms with Gasteiger partial charge in [0.2, 0.25) is 0 Å². The topological polar surface area (TPSA) is 40.5 Å². The van der Waals surface area contributed by atoms with Crippen molar-refractivity contribution in [1.29, 1.82) is 0 Å². The van der Waals surface area contributed by atoms with Crippen LogP contribution in [0.15, 0.2) is 48.5 Å². The molecule has 0 aliphatic carbocycles. The van der Waals surface area contributed by atoms with Crippen molar-refractivity contribution in [2.45, 2.75) is 6.54 Å². The summed E-state index contributed by atoms with van der Waals surface area (Å²) in [6.07, 6.45) is 0. The Kier molecular flexibility index (Phi) is 4.07. The van der Waals surface area contributed by atoms with Crippen LogP contribution in [0.3, 0.4) is 0 Å². The zero-order valence-electron chi connectivity index (χ0n) is 10.5. The number of hydrogen-bond acceptors (Lipinski definition) is 2. The second kappa shape index (κ2) is 5.76. The smallest absolute Gasteiger partial charge is 0.335 e. The SMILES string of the molecule is CN(Cc1ccc(C(=O)O)cc1)c1ccc(Cl)cc1. The number of halogens is 1. The monoisotopic (exact) mass is 275 g/mol. The highest BCUT2D eigenvalue weighted by Gasteiger charge is 2.04. The number of hydrogen-bond donors (Lipinski definition) is 1. The van der Waals surface area contributed by atoms with E-state index in [1.165, 1.54) is 0 Å². The van der Waals surface area contributed by atoms with Gasteiger partial charge in [-0.2, -0.15) is 0 Å². The predicted molar refractivity (Wildman–Crippen MR) is 77.0 cm³/mol. The lowest BCUT2D eigenvalue weighted by atomic mass is 10.1. The van der Waals surface area contributed by atoms with Crippen LogP contribution in [0.4, 0.5) is 5.69 Å². The van der Waals surface area contributed by atoms with Crippen molar-refractivity contribution in [3.8, 4) is 0 Å². The zero-order valence-corrected chi connectivity index (χ0v) is 11.3. The first-order chi connectivity index (χ1) is 9.06. The fourth-order valence-electron chi connectivity index (χ4n) is 1.81. The molecule has 0 spiro atoms. The molecular formula is C15H14ClNO2. The molecule has 2 aromatic rings. The van der Waals surface area contributed by atoms with Gasteiger partial charge in [0.05, 0.1) is 5.56 Å². The summed E-state index contributed by atoms with van der Waals surface area (Å²) < 4.78 is 0. The van der Waals surface area contributed by atoms with Crippen molar-refractivity contribution in [2.24, 2.45) is 0 Å². The predicted octanol–water partition coefficient (Wildman–Crippen LogP) is 3.67. The summed E-state index contributed by atoms with van der Waals surface area (Å²) in [5.41, 5.74) is 2.42. The van der Waals surface area contributed by atoms with Crippen molar-refractivity contribution >= 4 is 23.3 Å². The van der Waals surface area contributed by atoms with Gasteiger partial charge in [0.25, 0.3) is 0 Å². The number of rotatable bonds is 4. The molecule has 0 aliphatic rings. The molecule has 19 heavy (non-hydrogen) atoms. The van der Waals surface area contributed by atoms with E-state index in [-0.39, 0.29) is 0 Å². The Morgan fingerprint density at radius 2 is 1.68 bits per heavy atom. The van der Waals surface area contributed by atoms with Gasteiger partial charge >= 0.3 is 5.97 Å². The molecule has 0 amide bonds. The molecule has 0 saturated heterocycles. The first-order valence-electron chi connectivity index (χ1n) is 5.85. The largest absolute Gasteiger partial charge is 0.478 e. The van der Waals surface area contributed by atoms with E-state index in [1.807, 2.05) is 43.4 Å². The fourth-order valence-corrected chi connectivity index (χ4v) is 1.94. The molecular weight excluding hydrogens is 262 g/mol. The van der Waals surface area contributed by atoms with Gasteiger partial charge in [-0.3, -0.25) is 0 Å². The maximum atomic E-state index is 10.8. The third-order valence-electron chi connectivity index (χ3n) is 2.89. The van der Waals surface area contributed by atoms with E-state index >= 15 is 0 Å². The summed E-state index contributed by atoms with van der Waals surface area (Å²) in [6, 6.07) is 14.5. The van der Waals surface area contributed by atoms with E-state index in [0.29, 0.717) is 17.1 Å². The van der Waals surface area contributed by atoms with Gasteiger partial charge in [0, 0.05) is 24.3 Å². The first-order valence-corrected chi connectivity index (χ1v) is 6.23. The normalized spacial score (nSPS) is 10.2. The second-order valence-electron chi connectivity index (χ2n) is 4.33. The Balaban J connectivity index is 2.08. The molecule has 98 valence electrons. The van der Waals surface area contributed by atoms with E-state index in [2.05, 4.69) is 4.90 Å². The molecule has 0 bridgehead atoms. The van der Waals surface area contributed by atoms with E-state index in [9.17, 15) is 4.79 Å². The second-order valence-corrected chi connectivity index (χ2v) is 4.77. The number of benzene rings is 2. The van der Waals surface area contributed by atoms with Gasteiger partial charge in [-0.15, -0.1) is 0 Å². The molecule has 0 saturated carbocycles. The lowest BCUT2D eigenvalue weighted by molar-refractivity contribution is 0.0697. The van der Waals surface area contributed by atoms with Crippen LogP contribution in [-0.2, 0) is 6.54 Å². The van der Waals surface area contributed by atoms with Crippen LogP contribution < -0.4 is 4.90 Å². The number of aromatic carboxylic acids is 1. The molecule has 0 aromatic heterocycles. The number of carbonyl (C=O) groups is 1. The zero-order chi connectivity index (χ0) is 13.8. The summed E-state index contributed by atoms with van der Waals surface area (Å²) in [7, 11) is 1.98. The van der Waals surface area contributed by atoms with Crippen LogP contribution in [0.1, 0.15) is 15.9 Å². The van der Waals surface area contributed by atoms with E-state index < -0.39 is 5.97 Å². The van der Waals surface area contributed by atoms with E-state index in [1.54, 1.807) is 12.1 Å². The van der Waals surface area contributed by atoms with Crippen LogP contribution in [0, 0.1) is 0 Å². The Morgan fingerprint density at radius 1 is 1.11 bits per heavy atom. The molecule has 0 unspecified atom stereocenters. The third-order valence-corrected chi connectivity index (χ3v) is 3.14. The van der Waals surface area contributed by atoms with Gasteiger partial charge in [-0.05, 0) is 42.0 Å². The van der Waals surface area contributed by atoms with Gasteiger partial charge in [0.15, 0.2) is 0 Å². The minimum absolute atomic E-state index is 0.304. The van der Waals surface area contributed by atoms with Crippen LogP contribution in [0.2, 0.25) is 5.02 Å². The summed E-state index contributed by atoms with van der Waals surface area (Å²) in [4.78, 5) is 12.8. The Morgan fingerprint density at radius 3 is 2.21 bits per heavy atom. The third kappa shape index (κ3) is 3.48. The van der Waals surface area contributed by atoms with Crippen LogP contribution in [0.5, 0.6) is 0 Å².